The number of rotatable bonds is 3. The molecule has 0 bridgehead atoms. The average Bonchev–Trinajstić information content (AvgIpc) is 2.43. The van der Waals surface area contributed by atoms with Crippen molar-refractivity contribution in [3.8, 4) is 0 Å². The van der Waals surface area contributed by atoms with Crippen LogP contribution < -0.4 is 4.72 Å². The Labute approximate surface area is 147 Å². The van der Waals surface area contributed by atoms with Crippen LogP contribution in [0.15, 0.2) is 35.2 Å². The van der Waals surface area contributed by atoms with Crippen molar-refractivity contribution in [2.45, 2.75) is 24.9 Å². The zero-order valence-electron chi connectivity index (χ0n) is 12.5. The molecule has 130 valence electrons. The van der Waals surface area contributed by atoms with Gasteiger partial charge in [-0.2, -0.15) is 13.2 Å². The number of aryl methyl sites for hydroxylation is 2. The standard InChI is InChI=1S/C15H12Cl2F3NO2S/c1-8-6-14(9(2)5-12(8)17)24(22,23)21-13-4-3-10(16)7-11(13)15(18,19)20/h3-7,21H,1-2H3. The van der Waals surface area contributed by atoms with Crippen LogP contribution in [-0.4, -0.2) is 8.42 Å². The van der Waals surface area contributed by atoms with Crippen LogP contribution in [0.1, 0.15) is 16.7 Å². The maximum absolute atomic E-state index is 13.1. The summed E-state index contributed by atoms with van der Waals surface area (Å²) in [6.07, 6.45) is -4.76. The van der Waals surface area contributed by atoms with Crippen LogP contribution in [0.4, 0.5) is 18.9 Å². The molecule has 0 fully saturated rings. The van der Waals surface area contributed by atoms with Crippen molar-refractivity contribution in [1.29, 1.82) is 0 Å². The number of sulfonamides is 1. The van der Waals surface area contributed by atoms with E-state index in [0.29, 0.717) is 22.2 Å². The Morgan fingerprint density at radius 2 is 1.62 bits per heavy atom. The first-order valence-electron chi connectivity index (χ1n) is 6.58. The van der Waals surface area contributed by atoms with Gasteiger partial charge in [0.1, 0.15) is 0 Å². The topological polar surface area (TPSA) is 46.2 Å². The highest BCUT2D eigenvalue weighted by molar-refractivity contribution is 7.92. The molecule has 0 spiro atoms. The molecule has 0 heterocycles. The Hall–Kier alpha value is -1.44. The Kier molecular flexibility index (Phi) is 5.09. The highest BCUT2D eigenvalue weighted by atomic mass is 35.5. The van der Waals surface area contributed by atoms with E-state index < -0.39 is 27.5 Å². The molecule has 2 aromatic carbocycles. The summed E-state index contributed by atoms with van der Waals surface area (Å²) in [6, 6.07) is 5.57. The third kappa shape index (κ3) is 3.96. The van der Waals surface area contributed by atoms with Gasteiger partial charge in [0.2, 0.25) is 0 Å². The molecular weight excluding hydrogens is 386 g/mol. The molecule has 24 heavy (non-hydrogen) atoms. The molecule has 0 aliphatic carbocycles. The van der Waals surface area contributed by atoms with Gasteiger partial charge in [-0.15, -0.1) is 0 Å². The lowest BCUT2D eigenvalue weighted by atomic mass is 10.2. The highest BCUT2D eigenvalue weighted by Gasteiger charge is 2.35. The monoisotopic (exact) mass is 397 g/mol. The fourth-order valence-electron chi connectivity index (χ4n) is 2.08. The molecule has 0 unspecified atom stereocenters. The molecule has 3 nitrogen and oxygen atoms in total. The van der Waals surface area contributed by atoms with Gasteiger partial charge in [0, 0.05) is 10.0 Å². The quantitative estimate of drug-likeness (QED) is 0.750. The molecule has 0 atom stereocenters. The summed E-state index contributed by atoms with van der Waals surface area (Å²) in [5.74, 6) is 0. The van der Waals surface area contributed by atoms with Gasteiger partial charge in [0.15, 0.2) is 0 Å². The summed E-state index contributed by atoms with van der Waals surface area (Å²) in [5, 5.41) is 0.220. The van der Waals surface area contributed by atoms with Crippen LogP contribution >= 0.6 is 23.2 Å². The minimum absolute atomic E-state index is 0.146. The summed E-state index contributed by atoms with van der Waals surface area (Å²) < 4.78 is 66.2. The molecule has 2 rings (SSSR count). The van der Waals surface area contributed by atoms with E-state index in [1.165, 1.54) is 25.1 Å². The molecule has 2 aromatic rings. The van der Waals surface area contributed by atoms with Gasteiger partial charge in [-0.25, -0.2) is 8.42 Å². The normalized spacial score (nSPS) is 12.3. The van der Waals surface area contributed by atoms with Crippen molar-refractivity contribution in [3.63, 3.8) is 0 Å². The van der Waals surface area contributed by atoms with Crippen molar-refractivity contribution < 1.29 is 21.6 Å². The number of hydrogen-bond acceptors (Lipinski definition) is 2. The SMILES string of the molecule is Cc1cc(S(=O)(=O)Nc2ccc(Cl)cc2C(F)(F)F)c(C)cc1Cl. The summed E-state index contributed by atoms with van der Waals surface area (Å²) in [5.41, 5.74) is -0.948. The van der Waals surface area contributed by atoms with Crippen LogP contribution in [0.5, 0.6) is 0 Å². The molecule has 1 N–H and O–H groups in total. The van der Waals surface area contributed by atoms with Crippen LogP contribution in [0.3, 0.4) is 0 Å². The Balaban J connectivity index is 2.54. The number of benzene rings is 2. The van der Waals surface area contributed by atoms with Crippen molar-refractivity contribution in [1.82, 2.24) is 0 Å². The molecule has 0 aliphatic rings. The van der Waals surface area contributed by atoms with E-state index in [1.54, 1.807) is 6.92 Å². The van der Waals surface area contributed by atoms with Crippen molar-refractivity contribution in [3.05, 3.63) is 57.1 Å². The Morgan fingerprint density at radius 1 is 1.00 bits per heavy atom. The summed E-state index contributed by atoms with van der Waals surface area (Å²) >= 11 is 11.5. The fourth-order valence-corrected chi connectivity index (χ4v) is 3.87. The molecular formula is C15H12Cl2F3NO2S. The number of alkyl halides is 3. The third-order valence-corrected chi connectivity index (χ3v) is 5.43. The number of halogens is 5. The van der Waals surface area contributed by atoms with E-state index in [1.807, 2.05) is 4.72 Å². The van der Waals surface area contributed by atoms with E-state index in [9.17, 15) is 21.6 Å². The third-order valence-electron chi connectivity index (χ3n) is 3.28. The van der Waals surface area contributed by atoms with Crippen molar-refractivity contribution >= 4 is 38.9 Å². The first-order valence-corrected chi connectivity index (χ1v) is 8.82. The van der Waals surface area contributed by atoms with Crippen LogP contribution in [0.2, 0.25) is 10.0 Å². The summed E-state index contributed by atoms with van der Waals surface area (Å²) in [6.45, 7) is 3.11. The maximum Gasteiger partial charge on any atom is 0.418 e. The second-order valence-corrected chi connectivity index (χ2v) is 7.65. The fraction of sp³-hybridized carbons (Fsp3) is 0.200. The second-order valence-electron chi connectivity index (χ2n) is 5.16. The zero-order valence-corrected chi connectivity index (χ0v) is 14.8. The van der Waals surface area contributed by atoms with Gasteiger partial charge in [-0.1, -0.05) is 23.2 Å². The van der Waals surface area contributed by atoms with Gasteiger partial charge in [0.25, 0.3) is 10.0 Å². The first-order chi connectivity index (χ1) is 10.9. The minimum Gasteiger partial charge on any atom is -0.279 e. The molecule has 0 aromatic heterocycles. The van der Waals surface area contributed by atoms with Gasteiger partial charge in [-0.3, -0.25) is 4.72 Å². The largest absolute Gasteiger partial charge is 0.418 e. The van der Waals surface area contributed by atoms with Crippen molar-refractivity contribution in [2.24, 2.45) is 0 Å². The predicted octanol–water partition coefficient (Wildman–Crippen LogP) is 5.43. The zero-order chi connectivity index (χ0) is 18.3. The van der Waals surface area contributed by atoms with Gasteiger partial charge >= 0.3 is 6.18 Å². The Bertz CT molecular complexity index is 896. The van der Waals surface area contributed by atoms with Gasteiger partial charge < -0.3 is 0 Å². The summed E-state index contributed by atoms with van der Waals surface area (Å²) in [7, 11) is -4.23. The van der Waals surface area contributed by atoms with Crippen LogP contribution in [0, 0.1) is 13.8 Å². The first kappa shape index (κ1) is 18.9. The molecule has 0 saturated heterocycles. The second kappa shape index (κ2) is 6.46. The van der Waals surface area contributed by atoms with Gasteiger partial charge in [0.05, 0.1) is 16.1 Å². The minimum atomic E-state index is -4.76. The molecule has 9 heteroatoms. The lowest BCUT2D eigenvalue weighted by Crippen LogP contribution is -2.18. The Morgan fingerprint density at radius 3 is 2.21 bits per heavy atom. The van der Waals surface area contributed by atoms with E-state index in [2.05, 4.69) is 0 Å². The molecule has 0 radical (unpaired) electrons. The van der Waals surface area contributed by atoms with E-state index in [-0.39, 0.29) is 9.92 Å². The van der Waals surface area contributed by atoms with E-state index in [4.69, 9.17) is 23.2 Å². The predicted molar refractivity (Wildman–Crippen MR) is 88.2 cm³/mol. The summed E-state index contributed by atoms with van der Waals surface area (Å²) in [4.78, 5) is -0.146. The molecule has 0 amide bonds. The average molecular weight is 398 g/mol. The lowest BCUT2D eigenvalue weighted by molar-refractivity contribution is -0.136. The molecule has 0 saturated carbocycles. The molecule has 0 aliphatic heterocycles. The van der Waals surface area contributed by atoms with Crippen LogP contribution in [-0.2, 0) is 16.2 Å². The maximum atomic E-state index is 13.1. The van der Waals surface area contributed by atoms with E-state index in [0.717, 1.165) is 6.07 Å². The highest BCUT2D eigenvalue weighted by Crippen LogP contribution is 2.37. The lowest BCUT2D eigenvalue weighted by Gasteiger charge is -2.16. The smallest absolute Gasteiger partial charge is 0.279 e. The number of nitrogens with one attached hydrogen (secondary N) is 1. The number of anilines is 1. The van der Waals surface area contributed by atoms with Gasteiger partial charge in [-0.05, 0) is 55.3 Å². The van der Waals surface area contributed by atoms with Crippen molar-refractivity contribution in [2.75, 3.05) is 4.72 Å². The number of hydrogen-bond donors (Lipinski definition) is 1. The van der Waals surface area contributed by atoms with Crippen LogP contribution in [0.25, 0.3) is 0 Å². The van der Waals surface area contributed by atoms with E-state index >= 15 is 0 Å².